The zero-order valence-electron chi connectivity index (χ0n) is 18.7. The van der Waals surface area contributed by atoms with Gasteiger partial charge in [-0.3, -0.25) is 4.79 Å². The molecule has 2 heterocycles. The van der Waals surface area contributed by atoms with Crippen LogP contribution < -0.4 is 14.8 Å². The molecule has 0 fully saturated rings. The first kappa shape index (κ1) is 20.6. The second-order valence-corrected chi connectivity index (χ2v) is 8.70. The van der Waals surface area contributed by atoms with Gasteiger partial charge in [-0.1, -0.05) is 54.6 Å². The van der Waals surface area contributed by atoms with Crippen LogP contribution in [0.5, 0.6) is 11.5 Å². The van der Waals surface area contributed by atoms with Crippen molar-refractivity contribution in [2.24, 2.45) is 7.05 Å². The third-order valence-electron chi connectivity index (χ3n) is 6.68. The van der Waals surface area contributed by atoms with Crippen molar-refractivity contribution < 1.29 is 19.4 Å². The van der Waals surface area contributed by atoms with Crippen molar-refractivity contribution in [1.29, 1.82) is 0 Å². The van der Waals surface area contributed by atoms with Crippen LogP contribution in [-0.2, 0) is 18.3 Å². The van der Waals surface area contributed by atoms with E-state index in [9.17, 15) is 9.90 Å². The maximum atomic E-state index is 12.9. The Kier molecular flexibility index (Phi) is 4.89. The van der Waals surface area contributed by atoms with Gasteiger partial charge in [-0.15, -0.1) is 0 Å². The van der Waals surface area contributed by atoms with Gasteiger partial charge in [-0.05, 0) is 28.8 Å². The van der Waals surface area contributed by atoms with Crippen molar-refractivity contribution in [3.05, 3.63) is 89.5 Å². The zero-order valence-corrected chi connectivity index (χ0v) is 18.7. The van der Waals surface area contributed by atoms with Gasteiger partial charge in [0.05, 0.1) is 23.4 Å². The van der Waals surface area contributed by atoms with Crippen molar-refractivity contribution in [1.82, 2.24) is 9.88 Å². The number of carbonyl (C=O) groups is 1. The van der Waals surface area contributed by atoms with Crippen LogP contribution in [-0.4, -0.2) is 28.5 Å². The van der Waals surface area contributed by atoms with Gasteiger partial charge < -0.3 is 24.5 Å². The van der Waals surface area contributed by atoms with Crippen LogP contribution >= 0.6 is 0 Å². The molecule has 0 bridgehead atoms. The van der Waals surface area contributed by atoms with Crippen molar-refractivity contribution in [2.75, 3.05) is 6.79 Å². The second-order valence-electron chi connectivity index (χ2n) is 8.70. The molecule has 1 amide bonds. The summed E-state index contributed by atoms with van der Waals surface area (Å²) in [6.07, 6.45) is 3.29. The van der Waals surface area contributed by atoms with E-state index in [0.29, 0.717) is 12.2 Å². The summed E-state index contributed by atoms with van der Waals surface area (Å²) in [6, 6.07) is 21.5. The summed E-state index contributed by atoms with van der Waals surface area (Å²) in [5.74, 6) is 1.16. The Morgan fingerprint density at radius 1 is 1.06 bits per heavy atom. The lowest BCUT2D eigenvalue weighted by Gasteiger charge is -2.16. The number of aryl methyl sites for hydroxylation is 1. The molecule has 0 saturated carbocycles. The first-order valence-corrected chi connectivity index (χ1v) is 11.3. The Bertz CT molecular complexity index is 1440. The first-order chi connectivity index (χ1) is 16.6. The lowest BCUT2D eigenvalue weighted by molar-refractivity contribution is -0.117. The SMILES string of the molecule is Cn1c(-c2ccccc2)c(/C=C/C(=O)N[C@@H]2c3ccccc3C[C@@H]2O)c2cc3c(cc21)OCO3. The molecule has 2 N–H and O–H groups in total. The lowest BCUT2D eigenvalue weighted by Crippen LogP contribution is -2.32. The number of ether oxygens (including phenoxy) is 2. The Hall–Kier alpha value is -4.03. The van der Waals surface area contributed by atoms with Gasteiger partial charge in [-0.2, -0.15) is 0 Å². The molecule has 2 aliphatic rings. The maximum absolute atomic E-state index is 12.9. The minimum absolute atomic E-state index is 0.204. The average molecular weight is 453 g/mol. The number of aliphatic hydroxyl groups excluding tert-OH is 1. The van der Waals surface area contributed by atoms with Gasteiger partial charge in [0, 0.05) is 36.6 Å². The zero-order chi connectivity index (χ0) is 23.2. The quantitative estimate of drug-likeness (QED) is 0.451. The summed E-state index contributed by atoms with van der Waals surface area (Å²) in [7, 11) is 2.01. The molecule has 0 radical (unpaired) electrons. The number of aliphatic hydroxyl groups is 1. The topological polar surface area (TPSA) is 72.7 Å². The Morgan fingerprint density at radius 3 is 2.62 bits per heavy atom. The fourth-order valence-electron chi connectivity index (χ4n) is 5.08. The van der Waals surface area contributed by atoms with Gasteiger partial charge in [0.15, 0.2) is 11.5 Å². The highest BCUT2D eigenvalue weighted by atomic mass is 16.7. The standard InChI is InChI=1S/C28H24N2O4/c1-30-22-15-25-24(33-16-34-25)14-21(22)20(28(30)17-7-3-2-4-8-17)11-12-26(32)29-27-19-10-6-5-9-18(19)13-23(27)31/h2-12,14-15,23,27,31H,13,16H2,1H3,(H,29,32)/b12-11+/t23-,27+/m0/s1. The van der Waals surface area contributed by atoms with Crippen LogP contribution in [0.1, 0.15) is 22.7 Å². The third-order valence-corrected chi connectivity index (χ3v) is 6.68. The number of benzene rings is 3. The molecule has 34 heavy (non-hydrogen) atoms. The number of fused-ring (bicyclic) bond motifs is 3. The number of hydrogen-bond acceptors (Lipinski definition) is 4. The number of nitrogens with zero attached hydrogens (tertiary/aromatic N) is 1. The van der Waals surface area contributed by atoms with Crippen LogP contribution in [0, 0.1) is 0 Å². The minimum atomic E-state index is -0.632. The van der Waals surface area contributed by atoms with E-state index in [1.165, 1.54) is 0 Å². The second kappa shape index (κ2) is 8.08. The molecule has 3 aromatic carbocycles. The molecule has 2 atom stereocenters. The summed E-state index contributed by atoms with van der Waals surface area (Å²) >= 11 is 0. The number of aromatic nitrogens is 1. The van der Waals surface area contributed by atoms with Crippen LogP contribution in [0.3, 0.4) is 0 Å². The molecule has 6 rings (SSSR count). The van der Waals surface area contributed by atoms with E-state index in [-0.39, 0.29) is 12.7 Å². The molecule has 1 aliphatic heterocycles. The lowest BCUT2D eigenvalue weighted by atomic mass is 10.0. The number of carbonyl (C=O) groups excluding carboxylic acids is 1. The summed E-state index contributed by atoms with van der Waals surface area (Å²) in [4.78, 5) is 12.9. The highest BCUT2D eigenvalue weighted by Crippen LogP contribution is 2.42. The van der Waals surface area contributed by atoms with Crippen molar-refractivity contribution >= 4 is 22.9 Å². The fraction of sp³-hybridized carbons (Fsp3) is 0.179. The fourth-order valence-corrected chi connectivity index (χ4v) is 5.08. The van der Waals surface area contributed by atoms with Gasteiger partial charge in [-0.25, -0.2) is 0 Å². The summed E-state index contributed by atoms with van der Waals surface area (Å²) in [5.41, 5.74) is 5.99. The number of hydrogen-bond donors (Lipinski definition) is 2. The normalized spacial score (nSPS) is 18.5. The van der Waals surface area contributed by atoms with E-state index >= 15 is 0 Å². The molecule has 0 saturated heterocycles. The Labute approximate surface area is 197 Å². The van der Waals surface area contributed by atoms with E-state index in [0.717, 1.165) is 44.6 Å². The smallest absolute Gasteiger partial charge is 0.244 e. The Morgan fingerprint density at radius 2 is 1.79 bits per heavy atom. The molecule has 4 aromatic rings. The minimum Gasteiger partial charge on any atom is -0.454 e. The third kappa shape index (κ3) is 3.35. The highest BCUT2D eigenvalue weighted by molar-refractivity contribution is 6.02. The van der Waals surface area contributed by atoms with E-state index in [1.807, 2.05) is 67.7 Å². The van der Waals surface area contributed by atoms with Crippen LogP contribution in [0.4, 0.5) is 0 Å². The number of amides is 1. The molecule has 1 aliphatic carbocycles. The van der Waals surface area contributed by atoms with Crippen LogP contribution in [0.25, 0.3) is 28.2 Å². The van der Waals surface area contributed by atoms with E-state index in [1.54, 1.807) is 6.08 Å². The van der Waals surface area contributed by atoms with Gasteiger partial charge in [0.1, 0.15) is 0 Å². The van der Waals surface area contributed by atoms with Crippen molar-refractivity contribution in [3.63, 3.8) is 0 Å². The molecule has 6 heteroatoms. The van der Waals surface area contributed by atoms with Crippen LogP contribution in [0.2, 0.25) is 0 Å². The predicted molar refractivity (Wildman–Crippen MR) is 131 cm³/mol. The molecule has 1 aromatic heterocycles. The Balaban J connectivity index is 1.39. The molecule has 6 nitrogen and oxygen atoms in total. The average Bonchev–Trinajstić information content (AvgIpc) is 3.51. The highest BCUT2D eigenvalue weighted by Gasteiger charge is 2.31. The summed E-state index contributed by atoms with van der Waals surface area (Å²) in [6.45, 7) is 0.204. The van der Waals surface area contributed by atoms with Crippen molar-refractivity contribution in [2.45, 2.75) is 18.6 Å². The largest absolute Gasteiger partial charge is 0.454 e. The molecule has 0 spiro atoms. The van der Waals surface area contributed by atoms with E-state index < -0.39 is 12.1 Å². The van der Waals surface area contributed by atoms with E-state index in [2.05, 4.69) is 22.0 Å². The molecular weight excluding hydrogens is 428 g/mol. The monoisotopic (exact) mass is 452 g/mol. The van der Waals surface area contributed by atoms with Gasteiger partial charge in [0.2, 0.25) is 12.7 Å². The molecule has 0 unspecified atom stereocenters. The van der Waals surface area contributed by atoms with Gasteiger partial charge in [0.25, 0.3) is 0 Å². The van der Waals surface area contributed by atoms with Crippen LogP contribution in [0.15, 0.2) is 72.8 Å². The first-order valence-electron chi connectivity index (χ1n) is 11.3. The summed E-state index contributed by atoms with van der Waals surface area (Å²) < 4.78 is 13.3. The maximum Gasteiger partial charge on any atom is 0.244 e. The van der Waals surface area contributed by atoms with Gasteiger partial charge >= 0.3 is 0 Å². The summed E-state index contributed by atoms with van der Waals surface area (Å²) in [5, 5.41) is 14.5. The number of rotatable bonds is 4. The molecule has 170 valence electrons. The van der Waals surface area contributed by atoms with E-state index in [4.69, 9.17) is 9.47 Å². The molecular formula is C28H24N2O4. The number of nitrogens with one attached hydrogen (secondary N) is 1. The predicted octanol–water partition coefficient (Wildman–Crippen LogP) is 4.36. The van der Waals surface area contributed by atoms with Crippen molar-refractivity contribution in [3.8, 4) is 22.8 Å².